The van der Waals surface area contributed by atoms with Gasteiger partial charge >= 0.3 is 0 Å². The summed E-state index contributed by atoms with van der Waals surface area (Å²) >= 11 is 5.98. The molecule has 0 spiro atoms. The quantitative estimate of drug-likeness (QED) is 0.580. The normalized spacial score (nSPS) is 11.3. The van der Waals surface area contributed by atoms with Crippen LogP contribution in [0.5, 0.6) is 0 Å². The molecule has 0 saturated carbocycles. The first-order valence-electron chi connectivity index (χ1n) is 4.63. The number of aromatic nitrogens is 3. The second-order valence-electron chi connectivity index (χ2n) is 3.45. The number of para-hydroxylation sites is 1. The summed E-state index contributed by atoms with van der Waals surface area (Å²) in [6, 6.07) is 7.97. The van der Waals surface area contributed by atoms with E-state index in [0.717, 1.165) is 21.9 Å². The molecule has 4 heteroatoms. The number of rotatable bonds is 0. The van der Waals surface area contributed by atoms with Gasteiger partial charge in [-0.3, -0.25) is 4.98 Å². The fraction of sp³-hybridized carbons (Fsp3) is 0.0909. The minimum atomic E-state index is 0.489. The van der Waals surface area contributed by atoms with Crippen LogP contribution < -0.4 is 0 Å². The summed E-state index contributed by atoms with van der Waals surface area (Å²) in [6.45, 7) is 0. The van der Waals surface area contributed by atoms with Crippen LogP contribution in [-0.4, -0.2) is 14.5 Å². The van der Waals surface area contributed by atoms with E-state index in [1.807, 2.05) is 35.9 Å². The molecule has 2 aromatic heterocycles. The average molecular weight is 218 g/mol. The van der Waals surface area contributed by atoms with Gasteiger partial charge in [-0.15, -0.1) is 0 Å². The van der Waals surface area contributed by atoms with Crippen LogP contribution in [0.3, 0.4) is 0 Å². The van der Waals surface area contributed by atoms with Crippen molar-refractivity contribution in [1.29, 1.82) is 0 Å². The van der Waals surface area contributed by atoms with Crippen molar-refractivity contribution in [3.63, 3.8) is 0 Å². The van der Waals surface area contributed by atoms with E-state index in [-0.39, 0.29) is 0 Å². The molecule has 3 nitrogen and oxygen atoms in total. The first kappa shape index (κ1) is 8.68. The zero-order chi connectivity index (χ0) is 10.4. The van der Waals surface area contributed by atoms with Crippen molar-refractivity contribution in [1.82, 2.24) is 14.5 Å². The fourth-order valence-corrected chi connectivity index (χ4v) is 1.99. The van der Waals surface area contributed by atoms with Crippen LogP contribution >= 0.6 is 11.6 Å². The van der Waals surface area contributed by atoms with Crippen molar-refractivity contribution in [3.8, 4) is 0 Å². The van der Waals surface area contributed by atoms with E-state index in [2.05, 4.69) is 9.97 Å². The van der Waals surface area contributed by atoms with Crippen LogP contribution in [-0.2, 0) is 7.05 Å². The summed E-state index contributed by atoms with van der Waals surface area (Å²) in [6.07, 6.45) is 1.75. The van der Waals surface area contributed by atoms with E-state index in [9.17, 15) is 0 Å². The van der Waals surface area contributed by atoms with Crippen molar-refractivity contribution in [3.05, 3.63) is 35.7 Å². The molecule has 0 bridgehead atoms. The Hall–Kier alpha value is -1.61. The number of pyridine rings is 1. The van der Waals surface area contributed by atoms with Crippen LogP contribution in [0.15, 0.2) is 30.5 Å². The van der Waals surface area contributed by atoms with Crippen LogP contribution in [0.4, 0.5) is 0 Å². The molecule has 0 unspecified atom stereocenters. The standard InChI is InChI=1S/C11H8ClN3/c1-15-10-7-4-2-3-5-8(7)13-6-9(10)14-11(15)12/h2-6H,1H3. The number of aryl methyl sites for hydroxylation is 1. The lowest BCUT2D eigenvalue weighted by atomic mass is 10.2. The van der Waals surface area contributed by atoms with Crippen molar-refractivity contribution < 1.29 is 0 Å². The van der Waals surface area contributed by atoms with E-state index < -0.39 is 0 Å². The van der Waals surface area contributed by atoms with Crippen LogP contribution in [0.2, 0.25) is 5.28 Å². The average Bonchev–Trinajstić information content (AvgIpc) is 2.55. The Morgan fingerprint density at radius 2 is 2.00 bits per heavy atom. The molecule has 0 atom stereocenters. The summed E-state index contributed by atoms with van der Waals surface area (Å²) in [7, 11) is 1.91. The molecule has 0 saturated heterocycles. The zero-order valence-electron chi connectivity index (χ0n) is 8.11. The van der Waals surface area contributed by atoms with Gasteiger partial charge in [-0.25, -0.2) is 4.98 Å². The highest BCUT2D eigenvalue weighted by molar-refractivity contribution is 6.29. The third-order valence-electron chi connectivity index (χ3n) is 2.55. The zero-order valence-corrected chi connectivity index (χ0v) is 8.86. The Labute approximate surface area is 91.3 Å². The number of imidazole rings is 1. The first-order chi connectivity index (χ1) is 7.27. The van der Waals surface area contributed by atoms with E-state index in [4.69, 9.17) is 11.6 Å². The summed E-state index contributed by atoms with van der Waals surface area (Å²) in [4.78, 5) is 8.56. The van der Waals surface area contributed by atoms with Gasteiger partial charge in [0.15, 0.2) is 0 Å². The van der Waals surface area contributed by atoms with Crippen molar-refractivity contribution in [2.24, 2.45) is 7.05 Å². The summed E-state index contributed by atoms with van der Waals surface area (Å²) in [5.41, 5.74) is 2.83. The summed E-state index contributed by atoms with van der Waals surface area (Å²) in [5, 5.41) is 1.57. The lowest BCUT2D eigenvalue weighted by molar-refractivity contribution is 0.952. The predicted octanol–water partition coefficient (Wildman–Crippen LogP) is 2.77. The number of hydrogen-bond donors (Lipinski definition) is 0. The summed E-state index contributed by atoms with van der Waals surface area (Å²) in [5.74, 6) is 0. The molecular weight excluding hydrogens is 210 g/mol. The van der Waals surface area contributed by atoms with Gasteiger partial charge in [0.2, 0.25) is 5.28 Å². The Balaban J connectivity index is 2.63. The maximum absolute atomic E-state index is 5.98. The van der Waals surface area contributed by atoms with E-state index in [1.165, 1.54) is 0 Å². The highest BCUT2D eigenvalue weighted by atomic mass is 35.5. The molecule has 0 aliphatic heterocycles. The Bertz CT molecular complexity index is 657. The molecular formula is C11H8ClN3. The molecule has 0 N–H and O–H groups in total. The molecule has 15 heavy (non-hydrogen) atoms. The lowest BCUT2D eigenvalue weighted by Gasteiger charge is -2.00. The third kappa shape index (κ3) is 1.13. The second-order valence-corrected chi connectivity index (χ2v) is 3.79. The smallest absolute Gasteiger partial charge is 0.203 e. The van der Waals surface area contributed by atoms with Gasteiger partial charge in [-0.1, -0.05) is 18.2 Å². The number of halogens is 1. The molecule has 0 fully saturated rings. The van der Waals surface area contributed by atoms with Gasteiger partial charge in [0.25, 0.3) is 0 Å². The molecule has 0 radical (unpaired) electrons. The number of nitrogens with zero attached hydrogens (tertiary/aromatic N) is 3. The molecule has 3 aromatic rings. The Morgan fingerprint density at radius 3 is 2.87 bits per heavy atom. The minimum Gasteiger partial charge on any atom is -0.317 e. The fourth-order valence-electron chi connectivity index (χ4n) is 1.82. The van der Waals surface area contributed by atoms with E-state index in [1.54, 1.807) is 6.20 Å². The van der Waals surface area contributed by atoms with Gasteiger partial charge in [-0.05, 0) is 17.7 Å². The van der Waals surface area contributed by atoms with Crippen molar-refractivity contribution in [2.45, 2.75) is 0 Å². The molecule has 0 aliphatic carbocycles. The van der Waals surface area contributed by atoms with Gasteiger partial charge in [0, 0.05) is 12.4 Å². The van der Waals surface area contributed by atoms with Gasteiger partial charge in [0.05, 0.1) is 17.2 Å². The maximum atomic E-state index is 5.98. The highest BCUT2D eigenvalue weighted by Crippen LogP contribution is 2.25. The SMILES string of the molecule is Cn1c(Cl)nc2cnc3ccccc3c21. The maximum Gasteiger partial charge on any atom is 0.203 e. The lowest BCUT2D eigenvalue weighted by Crippen LogP contribution is -1.88. The van der Waals surface area contributed by atoms with Gasteiger partial charge < -0.3 is 4.57 Å². The van der Waals surface area contributed by atoms with Gasteiger partial charge in [0.1, 0.15) is 5.52 Å². The van der Waals surface area contributed by atoms with Crippen LogP contribution in [0.1, 0.15) is 0 Å². The number of benzene rings is 1. The van der Waals surface area contributed by atoms with Crippen molar-refractivity contribution >= 4 is 33.5 Å². The van der Waals surface area contributed by atoms with Crippen molar-refractivity contribution in [2.75, 3.05) is 0 Å². The second kappa shape index (κ2) is 2.94. The Kier molecular flexibility index (Phi) is 1.70. The highest BCUT2D eigenvalue weighted by Gasteiger charge is 2.09. The molecule has 74 valence electrons. The molecule has 1 aromatic carbocycles. The van der Waals surface area contributed by atoms with Crippen LogP contribution in [0, 0.1) is 0 Å². The number of hydrogen-bond acceptors (Lipinski definition) is 2. The largest absolute Gasteiger partial charge is 0.317 e. The monoisotopic (exact) mass is 217 g/mol. The topological polar surface area (TPSA) is 30.7 Å². The molecule has 0 aliphatic rings. The molecule has 2 heterocycles. The number of fused-ring (bicyclic) bond motifs is 3. The van der Waals surface area contributed by atoms with Gasteiger partial charge in [-0.2, -0.15) is 0 Å². The Morgan fingerprint density at radius 1 is 1.20 bits per heavy atom. The third-order valence-corrected chi connectivity index (χ3v) is 2.89. The first-order valence-corrected chi connectivity index (χ1v) is 5.01. The predicted molar refractivity (Wildman–Crippen MR) is 61.0 cm³/mol. The molecule has 0 amide bonds. The summed E-state index contributed by atoms with van der Waals surface area (Å²) < 4.78 is 1.88. The van der Waals surface area contributed by atoms with Crippen LogP contribution in [0.25, 0.3) is 21.9 Å². The van der Waals surface area contributed by atoms with E-state index in [0.29, 0.717) is 5.28 Å². The van der Waals surface area contributed by atoms with E-state index >= 15 is 0 Å². The minimum absolute atomic E-state index is 0.489. The molecule has 3 rings (SSSR count).